The molecule has 7 nitrogen and oxygen atoms in total. The third-order valence-electron chi connectivity index (χ3n) is 2.01. The van der Waals surface area contributed by atoms with Crippen molar-refractivity contribution in [1.29, 1.82) is 0 Å². The normalized spacial score (nSPS) is 13.8. The highest BCUT2D eigenvalue weighted by Crippen LogP contribution is 1.93. The maximum atomic E-state index is 11.3. The number of nitrogens with zero attached hydrogens (tertiary/aromatic N) is 1. The summed E-state index contributed by atoms with van der Waals surface area (Å²) in [5.74, 6) is -0.550. The zero-order valence-corrected chi connectivity index (χ0v) is 10.6. The van der Waals surface area contributed by atoms with Gasteiger partial charge in [0.2, 0.25) is 15.9 Å². The molecular weight excluding hydrogens is 234 g/mol. The lowest BCUT2D eigenvalue weighted by Crippen LogP contribution is -2.43. The van der Waals surface area contributed by atoms with Crippen molar-refractivity contribution in [3.63, 3.8) is 0 Å². The van der Waals surface area contributed by atoms with E-state index in [1.807, 2.05) is 0 Å². The molecule has 96 valence electrons. The third-order valence-corrected chi connectivity index (χ3v) is 3.84. The van der Waals surface area contributed by atoms with Crippen LogP contribution in [0.15, 0.2) is 0 Å². The molecule has 0 saturated carbocycles. The Bertz CT molecular complexity index is 311. The van der Waals surface area contributed by atoms with E-state index in [-0.39, 0.29) is 18.8 Å². The third kappa shape index (κ3) is 4.88. The summed E-state index contributed by atoms with van der Waals surface area (Å²) in [5.41, 5.74) is 5.28. The summed E-state index contributed by atoms with van der Waals surface area (Å²) >= 11 is 0. The van der Waals surface area contributed by atoms with Crippen LogP contribution in [0.5, 0.6) is 0 Å². The van der Waals surface area contributed by atoms with Crippen molar-refractivity contribution >= 4 is 15.9 Å². The Morgan fingerprint density at radius 1 is 1.50 bits per heavy atom. The van der Waals surface area contributed by atoms with E-state index in [4.69, 9.17) is 10.5 Å². The molecule has 0 radical (unpaired) electrons. The molecule has 0 heterocycles. The van der Waals surface area contributed by atoms with Crippen LogP contribution < -0.4 is 11.1 Å². The van der Waals surface area contributed by atoms with E-state index in [0.717, 1.165) is 4.31 Å². The van der Waals surface area contributed by atoms with E-state index < -0.39 is 22.0 Å². The smallest absolute Gasteiger partial charge is 0.250 e. The Labute approximate surface area is 96.0 Å². The Morgan fingerprint density at radius 2 is 2.06 bits per heavy atom. The molecule has 16 heavy (non-hydrogen) atoms. The minimum atomic E-state index is -3.29. The highest BCUT2D eigenvalue weighted by atomic mass is 32.2. The molecule has 0 saturated heterocycles. The lowest BCUT2D eigenvalue weighted by molar-refractivity contribution is -0.130. The molecule has 0 rings (SSSR count). The average Bonchev–Trinajstić information content (AvgIpc) is 2.19. The van der Waals surface area contributed by atoms with Crippen LogP contribution in [-0.4, -0.2) is 64.8 Å². The van der Waals surface area contributed by atoms with E-state index >= 15 is 0 Å². The van der Waals surface area contributed by atoms with E-state index in [9.17, 15) is 13.2 Å². The fourth-order valence-electron chi connectivity index (χ4n) is 0.910. The number of nitrogens with one attached hydrogen (secondary N) is 1. The molecule has 0 aliphatic carbocycles. The van der Waals surface area contributed by atoms with Crippen molar-refractivity contribution in [2.45, 2.75) is 6.10 Å². The van der Waals surface area contributed by atoms with Gasteiger partial charge in [0, 0.05) is 34.3 Å². The molecule has 0 aliphatic heterocycles. The van der Waals surface area contributed by atoms with Gasteiger partial charge in [-0.05, 0) is 0 Å². The zero-order chi connectivity index (χ0) is 12.8. The summed E-state index contributed by atoms with van der Waals surface area (Å²) in [5, 5.41) is 2.45. The predicted octanol–water partition coefficient (Wildman–Crippen LogP) is -2.03. The molecule has 0 aromatic rings. The van der Waals surface area contributed by atoms with Crippen LogP contribution >= 0.6 is 0 Å². The van der Waals surface area contributed by atoms with Gasteiger partial charge in [-0.15, -0.1) is 0 Å². The average molecular weight is 253 g/mol. The largest absolute Gasteiger partial charge is 0.370 e. The van der Waals surface area contributed by atoms with Crippen molar-refractivity contribution in [2.24, 2.45) is 5.73 Å². The SMILES string of the molecule is COC(CN)C(=O)NCCS(=O)(=O)N(C)C. The Kier molecular flexibility index (Phi) is 6.49. The van der Waals surface area contributed by atoms with Gasteiger partial charge >= 0.3 is 0 Å². The first kappa shape index (κ1) is 15.3. The van der Waals surface area contributed by atoms with Crippen molar-refractivity contribution < 1.29 is 17.9 Å². The number of amides is 1. The van der Waals surface area contributed by atoms with Gasteiger partial charge in [0.05, 0.1) is 5.75 Å². The van der Waals surface area contributed by atoms with Crippen molar-refractivity contribution in [3.05, 3.63) is 0 Å². The quantitative estimate of drug-likeness (QED) is 0.544. The molecule has 0 aromatic heterocycles. The lowest BCUT2D eigenvalue weighted by atomic mass is 10.3. The fraction of sp³-hybridized carbons (Fsp3) is 0.875. The second-order valence-electron chi connectivity index (χ2n) is 3.35. The molecule has 0 aliphatic rings. The number of carbonyl (C=O) groups excluding carboxylic acids is 1. The molecule has 0 aromatic carbocycles. The molecule has 0 spiro atoms. The van der Waals surface area contributed by atoms with Gasteiger partial charge in [-0.25, -0.2) is 12.7 Å². The van der Waals surface area contributed by atoms with E-state index in [1.54, 1.807) is 0 Å². The van der Waals surface area contributed by atoms with Crippen LogP contribution in [0, 0.1) is 0 Å². The van der Waals surface area contributed by atoms with Gasteiger partial charge in [0.25, 0.3) is 0 Å². The van der Waals surface area contributed by atoms with Crippen LogP contribution in [0.25, 0.3) is 0 Å². The van der Waals surface area contributed by atoms with Gasteiger partial charge < -0.3 is 15.8 Å². The number of carbonyl (C=O) groups is 1. The second-order valence-corrected chi connectivity index (χ2v) is 5.65. The molecule has 0 bridgehead atoms. The van der Waals surface area contributed by atoms with E-state index in [0.29, 0.717) is 0 Å². The summed E-state index contributed by atoms with van der Waals surface area (Å²) in [6.07, 6.45) is -0.734. The number of sulfonamides is 1. The van der Waals surface area contributed by atoms with Gasteiger partial charge in [-0.3, -0.25) is 4.79 Å². The maximum absolute atomic E-state index is 11.3. The van der Waals surface area contributed by atoms with Crippen molar-refractivity contribution in [2.75, 3.05) is 40.0 Å². The van der Waals surface area contributed by atoms with E-state index in [2.05, 4.69) is 5.32 Å². The second kappa shape index (κ2) is 6.79. The summed E-state index contributed by atoms with van der Waals surface area (Å²) in [4.78, 5) is 11.3. The fourth-order valence-corrected chi connectivity index (χ4v) is 1.64. The first-order chi connectivity index (χ1) is 7.35. The molecule has 3 N–H and O–H groups in total. The van der Waals surface area contributed by atoms with Crippen LogP contribution in [0.1, 0.15) is 0 Å². The zero-order valence-electron chi connectivity index (χ0n) is 9.76. The Morgan fingerprint density at radius 3 is 2.44 bits per heavy atom. The van der Waals surface area contributed by atoms with Gasteiger partial charge in [0.1, 0.15) is 6.10 Å². The van der Waals surface area contributed by atoms with Crippen LogP contribution in [-0.2, 0) is 19.6 Å². The first-order valence-electron chi connectivity index (χ1n) is 4.76. The summed E-state index contributed by atoms with van der Waals surface area (Å²) in [6.45, 7) is 0.0992. The number of methoxy groups -OCH3 is 1. The molecule has 1 unspecified atom stereocenters. The molecule has 1 amide bonds. The predicted molar refractivity (Wildman–Crippen MR) is 60.3 cm³/mol. The van der Waals surface area contributed by atoms with Crippen LogP contribution in [0.4, 0.5) is 0 Å². The van der Waals surface area contributed by atoms with Crippen molar-refractivity contribution in [1.82, 2.24) is 9.62 Å². The topological polar surface area (TPSA) is 102 Å². The van der Waals surface area contributed by atoms with Gasteiger partial charge in [-0.1, -0.05) is 0 Å². The number of hydrogen-bond donors (Lipinski definition) is 2. The van der Waals surface area contributed by atoms with E-state index in [1.165, 1.54) is 21.2 Å². The highest BCUT2D eigenvalue weighted by molar-refractivity contribution is 7.89. The number of nitrogens with two attached hydrogens (primary N) is 1. The van der Waals surface area contributed by atoms with Crippen LogP contribution in [0.2, 0.25) is 0 Å². The summed E-state index contributed by atoms with van der Waals surface area (Å²) in [6, 6.07) is 0. The van der Waals surface area contributed by atoms with Crippen LogP contribution in [0.3, 0.4) is 0 Å². The molecule has 1 atom stereocenters. The maximum Gasteiger partial charge on any atom is 0.250 e. The standard InChI is InChI=1S/C8H19N3O4S/c1-11(2)16(13,14)5-4-10-8(12)7(6-9)15-3/h7H,4-6,9H2,1-3H3,(H,10,12). The van der Waals surface area contributed by atoms with Crippen molar-refractivity contribution in [3.8, 4) is 0 Å². The Balaban J connectivity index is 4.05. The lowest BCUT2D eigenvalue weighted by Gasteiger charge is -2.14. The summed E-state index contributed by atoms with van der Waals surface area (Å²) in [7, 11) is 0.961. The van der Waals surface area contributed by atoms with Gasteiger partial charge in [0.15, 0.2) is 0 Å². The molecule has 0 fully saturated rings. The number of hydrogen-bond acceptors (Lipinski definition) is 5. The molecule has 8 heteroatoms. The summed E-state index contributed by atoms with van der Waals surface area (Å²) < 4.78 is 28.6. The highest BCUT2D eigenvalue weighted by Gasteiger charge is 2.17. The first-order valence-corrected chi connectivity index (χ1v) is 6.36. The molecular formula is C8H19N3O4S. The minimum absolute atomic E-state index is 0.0409. The Hall–Kier alpha value is -0.700. The number of rotatable bonds is 7. The van der Waals surface area contributed by atoms with Gasteiger partial charge in [-0.2, -0.15) is 0 Å². The minimum Gasteiger partial charge on any atom is -0.370 e. The number of ether oxygens (including phenoxy) is 1. The monoisotopic (exact) mass is 253 g/mol.